The third-order valence-electron chi connectivity index (χ3n) is 3.58. The Balaban J connectivity index is 1.89. The zero-order valence-corrected chi connectivity index (χ0v) is 11.6. The lowest BCUT2D eigenvalue weighted by Gasteiger charge is -2.04. The molecule has 5 nitrogen and oxygen atoms in total. The van der Waals surface area contributed by atoms with Gasteiger partial charge in [0, 0.05) is 17.1 Å². The van der Waals surface area contributed by atoms with Crippen molar-refractivity contribution in [1.82, 2.24) is 20.0 Å². The van der Waals surface area contributed by atoms with Crippen molar-refractivity contribution in [3.8, 4) is 16.9 Å². The Morgan fingerprint density at radius 3 is 2.41 bits per heavy atom. The van der Waals surface area contributed by atoms with Crippen molar-refractivity contribution in [3.05, 3.63) is 77.3 Å². The van der Waals surface area contributed by atoms with Crippen molar-refractivity contribution in [2.75, 3.05) is 0 Å². The quantitative estimate of drug-likeness (QED) is 0.617. The summed E-state index contributed by atoms with van der Waals surface area (Å²) in [4.78, 5) is 11.8. The van der Waals surface area contributed by atoms with E-state index in [0.29, 0.717) is 11.2 Å². The summed E-state index contributed by atoms with van der Waals surface area (Å²) in [5.74, 6) is 0.609. The molecule has 0 saturated carbocycles. The van der Waals surface area contributed by atoms with Crippen LogP contribution in [0.1, 0.15) is 0 Å². The van der Waals surface area contributed by atoms with Gasteiger partial charge in [0.1, 0.15) is 0 Å². The van der Waals surface area contributed by atoms with E-state index in [9.17, 15) is 4.79 Å². The first-order valence-corrected chi connectivity index (χ1v) is 6.91. The molecule has 0 aliphatic heterocycles. The van der Waals surface area contributed by atoms with Crippen LogP contribution in [0.5, 0.6) is 0 Å². The molecule has 0 fully saturated rings. The van der Waals surface area contributed by atoms with Crippen LogP contribution in [0, 0.1) is 0 Å². The summed E-state index contributed by atoms with van der Waals surface area (Å²) in [6.07, 6.45) is 3.69. The van der Waals surface area contributed by atoms with Gasteiger partial charge in [-0.3, -0.25) is 4.79 Å². The van der Waals surface area contributed by atoms with Crippen molar-refractivity contribution < 1.29 is 0 Å². The lowest BCUT2D eigenvalue weighted by atomic mass is 10.1. The van der Waals surface area contributed by atoms with E-state index in [-0.39, 0.29) is 5.56 Å². The summed E-state index contributed by atoms with van der Waals surface area (Å²) in [6.45, 7) is 0. The van der Waals surface area contributed by atoms with Crippen molar-refractivity contribution in [2.45, 2.75) is 0 Å². The number of H-pyrrole nitrogens is 1. The molecule has 4 rings (SSSR count). The molecule has 4 aromatic rings. The van der Waals surface area contributed by atoms with Crippen LogP contribution in [-0.2, 0) is 0 Å². The second kappa shape index (κ2) is 4.96. The zero-order valence-electron chi connectivity index (χ0n) is 11.6. The van der Waals surface area contributed by atoms with Crippen LogP contribution in [0.4, 0.5) is 0 Å². The van der Waals surface area contributed by atoms with Gasteiger partial charge in [0.05, 0.1) is 11.6 Å². The predicted molar refractivity (Wildman–Crippen MR) is 84.9 cm³/mol. The Morgan fingerprint density at radius 2 is 1.59 bits per heavy atom. The number of rotatable bonds is 2. The Bertz CT molecular complexity index is 1000. The maximum Gasteiger partial charge on any atom is 0.272 e. The number of fused-ring (bicyclic) bond motifs is 1. The summed E-state index contributed by atoms with van der Waals surface area (Å²) < 4.78 is 1.68. The molecule has 2 aromatic carbocycles. The smallest absolute Gasteiger partial charge is 0.267 e. The fourth-order valence-electron chi connectivity index (χ4n) is 2.49. The Kier molecular flexibility index (Phi) is 2.83. The largest absolute Gasteiger partial charge is 0.272 e. The third kappa shape index (κ3) is 2.00. The minimum Gasteiger partial charge on any atom is -0.267 e. The molecular weight excluding hydrogens is 276 g/mol. The van der Waals surface area contributed by atoms with Gasteiger partial charge in [-0.15, -0.1) is 0 Å². The summed E-state index contributed by atoms with van der Waals surface area (Å²) in [5.41, 5.74) is 1.88. The molecule has 0 spiro atoms. The molecule has 0 radical (unpaired) electrons. The molecular formula is C17H12N4O. The highest BCUT2D eigenvalue weighted by atomic mass is 16.1. The van der Waals surface area contributed by atoms with E-state index < -0.39 is 0 Å². The van der Waals surface area contributed by atoms with E-state index in [0.717, 1.165) is 16.5 Å². The molecule has 2 heterocycles. The fourth-order valence-corrected chi connectivity index (χ4v) is 2.49. The van der Waals surface area contributed by atoms with Gasteiger partial charge < -0.3 is 0 Å². The van der Waals surface area contributed by atoms with Gasteiger partial charge in [0.25, 0.3) is 5.56 Å². The van der Waals surface area contributed by atoms with Crippen LogP contribution in [0.25, 0.3) is 27.7 Å². The Labute approximate surface area is 125 Å². The summed E-state index contributed by atoms with van der Waals surface area (Å²) in [7, 11) is 0. The molecule has 0 saturated heterocycles. The molecule has 0 bridgehead atoms. The summed E-state index contributed by atoms with van der Waals surface area (Å²) in [5, 5.41) is 12.4. The maximum atomic E-state index is 11.8. The SMILES string of the molecule is O=c1[nH]nc(-n2cc(-c3ccccc3)cn2)c2ccccc12. The number of nitrogens with one attached hydrogen (secondary N) is 1. The van der Waals surface area contributed by atoms with Gasteiger partial charge in [-0.1, -0.05) is 48.5 Å². The first-order chi connectivity index (χ1) is 10.8. The molecule has 1 N–H and O–H groups in total. The van der Waals surface area contributed by atoms with Gasteiger partial charge in [0.15, 0.2) is 5.82 Å². The van der Waals surface area contributed by atoms with Crippen LogP contribution in [0.3, 0.4) is 0 Å². The molecule has 2 aromatic heterocycles. The van der Waals surface area contributed by atoms with E-state index in [1.54, 1.807) is 16.9 Å². The second-order valence-corrected chi connectivity index (χ2v) is 4.96. The first-order valence-electron chi connectivity index (χ1n) is 6.91. The summed E-state index contributed by atoms with van der Waals surface area (Å²) >= 11 is 0. The maximum absolute atomic E-state index is 11.8. The number of aromatic amines is 1. The number of aromatic nitrogens is 4. The summed E-state index contributed by atoms with van der Waals surface area (Å²) in [6, 6.07) is 17.4. The zero-order chi connectivity index (χ0) is 14.9. The van der Waals surface area contributed by atoms with E-state index in [1.807, 2.05) is 54.7 Å². The molecule has 0 unspecified atom stereocenters. The van der Waals surface area contributed by atoms with Gasteiger partial charge in [-0.25, -0.2) is 9.78 Å². The average Bonchev–Trinajstić information content (AvgIpc) is 3.06. The van der Waals surface area contributed by atoms with Crippen LogP contribution in [0.2, 0.25) is 0 Å². The van der Waals surface area contributed by atoms with Crippen LogP contribution in [0.15, 0.2) is 71.8 Å². The van der Waals surface area contributed by atoms with Crippen LogP contribution in [-0.4, -0.2) is 20.0 Å². The standard InChI is InChI=1S/C17H12N4O/c22-17-15-9-5-4-8-14(15)16(19-20-17)21-11-13(10-18-21)12-6-2-1-3-7-12/h1-11H,(H,20,22). The first kappa shape index (κ1) is 12.5. The van der Waals surface area contributed by atoms with Crippen LogP contribution >= 0.6 is 0 Å². The normalized spacial score (nSPS) is 10.9. The van der Waals surface area contributed by atoms with Gasteiger partial charge in [-0.05, 0) is 11.6 Å². The van der Waals surface area contributed by atoms with Gasteiger partial charge in [0.2, 0.25) is 0 Å². The average molecular weight is 288 g/mol. The molecule has 0 atom stereocenters. The van der Waals surface area contributed by atoms with Crippen molar-refractivity contribution >= 4 is 10.8 Å². The van der Waals surface area contributed by atoms with Gasteiger partial charge in [-0.2, -0.15) is 10.2 Å². The van der Waals surface area contributed by atoms with Crippen molar-refractivity contribution in [3.63, 3.8) is 0 Å². The number of benzene rings is 2. The number of nitrogens with zero attached hydrogens (tertiary/aromatic N) is 3. The topological polar surface area (TPSA) is 63.6 Å². The Hall–Kier alpha value is -3.21. The fraction of sp³-hybridized carbons (Fsp3) is 0. The van der Waals surface area contributed by atoms with E-state index in [4.69, 9.17) is 0 Å². The predicted octanol–water partition coefficient (Wildman–Crippen LogP) is 2.78. The van der Waals surface area contributed by atoms with E-state index >= 15 is 0 Å². The highest BCUT2D eigenvalue weighted by Crippen LogP contribution is 2.21. The molecule has 0 aliphatic carbocycles. The molecule has 22 heavy (non-hydrogen) atoms. The van der Waals surface area contributed by atoms with Crippen molar-refractivity contribution in [2.24, 2.45) is 0 Å². The minimum atomic E-state index is -0.199. The second-order valence-electron chi connectivity index (χ2n) is 4.96. The van der Waals surface area contributed by atoms with Gasteiger partial charge >= 0.3 is 0 Å². The van der Waals surface area contributed by atoms with E-state index in [2.05, 4.69) is 15.3 Å². The highest BCUT2D eigenvalue weighted by molar-refractivity contribution is 5.87. The molecule has 5 heteroatoms. The van der Waals surface area contributed by atoms with Crippen LogP contribution < -0.4 is 5.56 Å². The number of hydrogen-bond donors (Lipinski definition) is 1. The monoisotopic (exact) mass is 288 g/mol. The Morgan fingerprint density at radius 1 is 0.864 bits per heavy atom. The van der Waals surface area contributed by atoms with E-state index in [1.165, 1.54) is 0 Å². The molecule has 0 aliphatic rings. The minimum absolute atomic E-state index is 0.199. The lowest BCUT2D eigenvalue weighted by molar-refractivity contribution is 0.819. The number of hydrogen-bond acceptors (Lipinski definition) is 3. The highest BCUT2D eigenvalue weighted by Gasteiger charge is 2.09. The molecule has 0 amide bonds. The third-order valence-corrected chi connectivity index (χ3v) is 3.58. The van der Waals surface area contributed by atoms with Crippen molar-refractivity contribution in [1.29, 1.82) is 0 Å². The lowest BCUT2D eigenvalue weighted by Crippen LogP contribution is -2.12. The molecule has 106 valence electrons.